The molecule has 0 saturated heterocycles. The van der Waals surface area contributed by atoms with E-state index in [0.717, 1.165) is 44.9 Å². The van der Waals surface area contributed by atoms with Gasteiger partial charge in [-0.05, 0) is 46.0 Å². The smallest absolute Gasteiger partial charge is 0.209 e. The zero-order chi connectivity index (χ0) is 17.3. The standard InChI is InChI=1S/C15H32N4O3S/c1-5-16-14(17-9-6-10-22-11-13-7-8-13)18-12-15(2,3)19-23(4,20)21/h13,19H,5-12H2,1-4H3,(H2,16,17,18). The van der Waals surface area contributed by atoms with Crippen molar-refractivity contribution in [3.63, 3.8) is 0 Å². The minimum atomic E-state index is -3.25. The van der Waals surface area contributed by atoms with Gasteiger partial charge in [0, 0.05) is 31.8 Å². The van der Waals surface area contributed by atoms with Crippen LogP contribution < -0.4 is 15.4 Å². The first-order chi connectivity index (χ1) is 10.7. The van der Waals surface area contributed by atoms with E-state index >= 15 is 0 Å². The van der Waals surface area contributed by atoms with E-state index in [1.807, 2.05) is 20.8 Å². The van der Waals surface area contributed by atoms with Crippen LogP contribution in [0, 0.1) is 5.92 Å². The van der Waals surface area contributed by atoms with Crippen LogP contribution in [0.5, 0.6) is 0 Å². The van der Waals surface area contributed by atoms with Gasteiger partial charge < -0.3 is 15.4 Å². The lowest BCUT2D eigenvalue weighted by molar-refractivity contribution is 0.123. The van der Waals surface area contributed by atoms with Gasteiger partial charge in [-0.15, -0.1) is 0 Å². The fourth-order valence-corrected chi connectivity index (χ4v) is 3.14. The van der Waals surface area contributed by atoms with Crippen molar-refractivity contribution in [2.75, 3.05) is 39.1 Å². The molecule has 23 heavy (non-hydrogen) atoms. The lowest BCUT2D eigenvalue weighted by atomic mass is 10.1. The molecule has 0 heterocycles. The maximum Gasteiger partial charge on any atom is 0.209 e. The second-order valence-corrected chi connectivity index (χ2v) is 8.50. The Kier molecular flexibility index (Phi) is 8.28. The summed E-state index contributed by atoms with van der Waals surface area (Å²) in [4.78, 5) is 4.45. The summed E-state index contributed by atoms with van der Waals surface area (Å²) in [7, 11) is -3.25. The Morgan fingerprint density at radius 1 is 1.30 bits per heavy atom. The third-order valence-electron chi connectivity index (χ3n) is 3.25. The molecule has 1 aliphatic rings. The van der Waals surface area contributed by atoms with Crippen molar-refractivity contribution < 1.29 is 13.2 Å². The van der Waals surface area contributed by atoms with Crippen molar-refractivity contribution in [3.8, 4) is 0 Å². The minimum absolute atomic E-state index is 0.355. The lowest BCUT2D eigenvalue weighted by Gasteiger charge is -2.23. The van der Waals surface area contributed by atoms with Gasteiger partial charge in [-0.1, -0.05) is 0 Å². The van der Waals surface area contributed by atoms with Crippen LogP contribution >= 0.6 is 0 Å². The third kappa shape index (κ3) is 11.3. The second-order valence-electron chi connectivity index (χ2n) is 6.75. The Morgan fingerprint density at radius 3 is 2.57 bits per heavy atom. The number of nitrogens with zero attached hydrogens (tertiary/aromatic N) is 1. The van der Waals surface area contributed by atoms with Crippen LogP contribution in [-0.4, -0.2) is 59.0 Å². The summed E-state index contributed by atoms with van der Waals surface area (Å²) < 4.78 is 30.8. The molecule has 0 aliphatic heterocycles. The Balaban J connectivity index is 2.30. The minimum Gasteiger partial charge on any atom is -0.381 e. The van der Waals surface area contributed by atoms with Crippen molar-refractivity contribution in [3.05, 3.63) is 0 Å². The summed E-state index contributed by atoms with van der Waals surface area (Å²) >= 11 is 0. The molecular weight excluding hydrogens is 316 g/mol. The molecule has 8 heteroatoms. The summed E-state index contributed by atoms with van der Waals surface area (Å²) in [5.74, 6) is 1.49. The summed E-state index contributed by atoms with van der Waals surface area (Å²) in [5, 5.41) is 6.40. The van der Waals surface area contributed by atoms with E-state index in [1.165, 1.54) is 12.8 Å². The first-order valence-electron chi connectivity index (χ1n) is 8.31. The van der Waals surface area contributed by atoms with E-state index in [-0.39, 0.29) is 0 Å². The van der Waals surface area contributed by atoms with E-state index in [0.29, 0.717) is 12.5 Å². The summed E-state index contributed by atoms with van der Waals surface area (Å²) in [6.07, 6.45) is 4.70. The Labute approximate surface area is 140 Å². The molecule has 1 rings (SSSR count). The number of aliphatic imine (C=N–C) groups is 1. The van der Waals surface area contributed by atoms with Gasteiger partial charge >= 0.3 is 0 Å². The van der Waals surface area contributed by atoms with Crippen molar-refractivity contribution in [2.24, 2.45) is 10.9 Å². The molecule has 3 N–H and O–H groups in total. The van der Waals surface area contributed by atoms with Gasteiger partial charge in [0.15, 0.2) is 5.96 Å². The number of hydrogen-bond donors (Lipinski definition) is 3. The zero-order valence-electron chi connectivity index (χ0n) is 14.8. The van der Waals surface area contributed by atoms with Crippen LogP contribution in [0.1, 0.15) is 40.0 Å². The predicted molar refractivity (Wildman–Crippen MR) is 94.2 cm³/mol. The van der Waals surface area contributed by atoms with Gasteiger partial charge in [0.25, 0.3) is 0 Å². The topological polar surface area (TPSA) is 91.8 Å². The number of guanidine groups is 1. The van der Waals surface area contributed by atoms with E-state index in [9.17, 15) is 8.42 Å². The molecule has 0 aromatic rings. The predicted octanol–water partition coefficient (Wildman–Crippen LogP) is 0.686. The number of nitrogens with one attached hydrogen (secondary N) is 3. The molecule has 0 atom stereocenters. The highest BCUT2D eigenvalue weighted by atomic mass is 32.2. The van der Waals surface area contributed by atoms with Crippen LogP contribution in [0.2, 0.25) is 0 Å². The Bertz CT molecular complexity index is 473. The largest absolute Gasteiger partial charge is 0.381 e. The molecule has 7 nitrogen and oxygen atoms in total. The average molecular weight is 349 g/mol. The molecule has 0 aromatic heterocycles. The van der Waals surface area contributed by atoms with Crippen LogP contribution in [-0.2, 0) is 14.8 Å². The van der Waals surface area contributed by atoms with Crippen LogP contribution in [0.3, 0.4) is 0 Å². The lowest BCUT2D eigenvalue weighted by Crippen LogP contribution is -2.46. The highest BCUT2D eigenvalue weighted by Crippen LogP contribution is 2.28. The first-order valence-corrected chi connectivity index (χ1v) is 10.2. The quantitative estimate of drug-likeness (QED) is 0.290. The van der Waals surface area contributed by atoms with Gasteiger partial charge in [0.1, 0.15) is 0 Å². The molecule has 0 spiro atoms. The number of rotatable bonds is 11. The van der Waals surface area contributed by atoms with Gasteiger partial charge in [-0.3, -0.25) is 4.99 Å². The van der Waals surface area contributed by atoms with E-state index < -0.39 is 15.6 Å². The van der Waals surface area contributed by atoms with E-state index in [1.54, 1.807) is 0 Å². The van der Waals surface area contributed by atoms with Gasteiger partial charge in [-0.25, -0.2) is 13.1 Å². The SMILES string of the molecule is CCNC(=NCC(C)(C)NS(C)(=O)=O)NCCCOCC1CC1. The Hall–Kier alpha value is -0.860. The van der Waals surface area contributed by atoms with Gasteiger partial charge in [0.05, 0.1) is 12.8 Å². The van der Waals surface area contributed by atoms with Crippen LogP contribution in [0.15, 0.2) is 4.99 Å². The second kappa shape index (κ2) is 9.44. The van der Waals surface area contributed by atoms with Crippen LogP contribution in [0.25, 0.3) is 0 Å². The molecule has 0 amide bonds. The molecule has 1 saturated carbocycles. The highest BCUT2D eigenvalue weighted by molar-refractivity contribution is 7.88. The van der Waals surface area contributed by atoms with E-state index in [4.69, 9.17) is 4.74 Å². The van der Waals surface area contributed by atoms with E-state index in [2.05, 4.69) is 20.3 Å². The maximum atomic E-state index is 11.3. The summed E-state index contributed by atoms with van der Waals surface area (Å²) in [6, 6.07) is 0. The fourth-order valence-electron chi connectivity index (χ4n) is 2.07. The molecule has 0 aromatic carbocycles. The molecule has 0 bridgehead atoms. The zero-order valence-corrected chi connectivity index (χ0v) is 15.6. The molecule has 0 radical (unpaired) electrons. The van der Waals surface area contributed by atoms with Gasteiger partial charge in [-0.2, -0.15) is 0 Å². The molecule has 0 unspecified atom stereocenters. The molecule has 136 valence electrons. The highest BCUT2D eigenvalue weighted by Gasteiger charge is 2.22. The normalized spacial score (nSPS) is 16.4. The van der Waals surface area contributed by atoms with Crippen molar-refractivity contribution >= 4 is 16.0 Å². The molecule has 1 fully saturated rings. The number of sulfonamides is 1. The van der Waals surface area contributed by atoms with Crippen molar-refractivity contribution in [1.29, 1.82) is 0 Å². The number of hydrogen-bond acceptors (Lipinski definition) is 4. The number of ether oxygens (including phenoxy) is 1. The molecule has 1 aliphatic carbocycles. The summed E-state index contributed by atoms with van der Waals surface area (Å²) in [5.41, 5.74) is -0.622. The Morgan fingerprint density at radius 2 is 2.00 bits per heavy atom. The molecular formula is C15H32N4O3S. The average Bonchev–Trinajstić information content (AvgIpc) is 3.21. The van der Waals surface area contributed by atoms with Crippen LogP contribution in [0.4, 0.5) is 0 Å². The van der Waals surface area contributed by atoms with Crippen molar-refractivity contribution in [1.82, 2.24) is 15.4 Å². The third-order valence-corrected chi connectivity index (χ3v) is 4.17. The monoisotopic (exact) mass is 348 g/mol. The van der Waals surface area contributed by atoms with Crippen molar-refractivity contribution in [2.45, 2.75) is 45.6 Å². The maximum absolute atomic E-state index is 11.3. The fraction of sp³-hybridized carbons (Fsp3) is 0.933. The van der Waals surface area contributed by atoms with Gasteiger partial charge in [0.2, 0.25) is 10.0 Å². The first kappa shape index (κ1) is 20.2. The summed E-state index contributed by atoms with van der Waals surface area (Å²) in [6.45, 7) is 9.15.